The lowest BCUT2D eigenvalue weighted by atomic mass is 9.81. The Labute approximate surface area is 242 Å². The van der Waals surface area contributed by atoms with Gasteiger partial charge in [-0.3, -0.25) is 24.5 Å². The molecule has 0 bridgehead atoms. The number of hydrogen-bond acceptors (Lipinski definition) is 6. The lowest BCUT2D eigenvalue weighted by molar-refractivity contribution is -0.137. The Bertz CT molecular complexity index is 1150. The molecular formula is C32H44N4O5. The van der Waals surface area contributed by atoms with Crippen LogP contribution in [0.5, 0.6) is 5.75 Å². The molecule has 6 aliphatic rings. The Balaban J connectivity index is 0.000000162. The third kappa shape index (κ3) is 6.76. The van der Waals surface area contributed by atoms with E-state index in [0.717, 1.165) is 61.4 Å². The van der Waals surface area contributed by atoms with Gasteiger partial charge in [-0.2, -0.15) is 0 Å². The first-order valence-electron chi connectivity index (χ1n) is 15.9. The first-order valence-corrected chi connectivity index (χ1v) is 15.9. The number of rotatable bonds is 6. The molecule has 0 radical (unpaired) electrons. The zero-order valence-corrected chi connectivity index (χ0v) is 24.1. The molecule has 2 N–H and O–H groups in total. The molecule has 1 unspecified atom stereocenters. The summed E-state index contributed by atoms with van der Waals surface area (Å²) in [6, 6.07) is 5.00. The van der Waals surface area contributed by atoms with Crippen LogP contribution in [0, 0.1) is 17.8 Å². The quantitative estimate of drug-likeness (QED) is 0.513. The molecule has 1 atom stereocenters. The van der Waals surface area contributed by atoms with E-state index in [1.165, 1.54) is 58.0 Å². The maximum atomic E-state index is 12.6. The van der Waals surface area contributed by atoms with Gasteiger partial charge >= 0.3 is 0 Å². The standard InChI is InChI=1S/C19H22N2O4.C13H22N2O/c22-17-9-8-16(18(23)20-17)21-11-12-10-14(6-7-15(12)19(21)24)25-13-4-2-1-3-5-13;16-13(7-10-1-2-10)15-5-3-11(4-6-15)12-8-14-9-12/h6-7,10,13,16H,1-5,8-9,11H2,(H,20,22,23);10-12,14H,1-9H2. The van der Waals surface area contributed by atoms with Crippen LogP contribution in [-0.2, 0) is 20.9 Å². The number of likely N-dealkylation sites (tertiary alicyclic amines) is 1. The highest BCUT2D eigenvalue weighted by Crippen LogP contribution is 2.34. The fourth-order valence-corrected chi connectivity index (χ4v) is 6.96. The normalized spacial score (nSPS) is 25.7. The zero-order valence-electron chi connectivity index (χ0n) is 24.1. The van der Waals surface area contributed by atoms with E-state index >= 15 is 0 Å². The van der Waals surface area contributed by atoms with Crippen LogP contribution in [0.1, 0.15) is 93.0 Å². The molecule has 1 aromatic rings. The third-order valence-electron chi connectivity index (χ3n) is 9.88. The number of nitrogens with zero attached hydrogens (tertiary/aromatic N) is 2. The number of benzene rings is 1. The molecule has 41 heavy (non-hydrogen) atoms. The van der Waals surface area contributed by atoms with Gasteiger partial charge in [0.15, 0.2) is 0 Å². The molecule has 9 heteroatoms. The minimum atomic E-state index is -0.569. The van der Waals surface area contributed by atoms with E-state index in [1.54, 1.807) is 11.0 Å². The fraction of sp³-hybridized carbons (Fsp3) is 0.688. The number of nitrogens with one attached hydrogen (secondary N) is 2. The van der Waals surface area contributed by atoms with E-state index in [-0.39, 0.29) is 30.2 Å². The number of imide groups is 1. The van der Waals surface area contributed by atoms with Crippen LogP contribution in [0.25, 0.3) is 0 Å². The summed E-state index contributed by atoms with van der Waals surface area (Å²) in [7, 11) is 0. The summed E-state index contributed by atoms with van der Waals surface area (Å²) >= 11 is 0. The Morgan fingerprint density at radius 3 is 2.32 bits per heavy atom. The van der Waals surface area contributed by atoms with Crippen molar-refractivity contribution in [2.75, 3.05) is 26.2 Å². The van der Waals surface area contributed by atoms with Crippen LogP contribution in [-0.4, -0.2) is 71.8 Å². The van der Waals surface area contributed by atoms with Crippen LogP contribution >= 0.6 is 0 Å². The fourth-order valence-electron chi connectivity index (χ4n) is 6.96. The SMILES string of the molecule is O=C(CC1CC1)N1CCC(C2CNC2)CC1.O=C1CCC(N2Cc3cc(OC4CCCCC4)ccc3C2=O)C(=O)N1. The van der Waals surface area contributed by atoms with Gasteiger partial charge in [-0.05, 0) is 112 Å². The van der Waals surface area contributed by atoms with Crippen molar-refractivity contribution in [3.05, 3.63) is 29.3 Å². The van der Waals surface area contributed by atoms with Crippen molar-refractivity contribution in [3.63, 3.8) is 0 Å². The molecule has 4 amide bonds. The summed E-state index contributed by atoms with van der Waals surface area (Å²) in [5, 5.41) is 5.67. The van der Waals surface area contributed by atoms with Gasteiger partial charge in [0.25, 0.3) is 5.91 Å². The van der Waals surface area contributed by atoms with Gasteiger partial charge in [-0.1, -0.05) is 6.42 Å². The highest BCUT2D eigenvalue weighted by Gasteiger charge is 2.39. The van der Waals surface area contributed by atoms with Crippen molar-refractivity contribution in [2.24, 2.45) is 17.8 Å². The second-order valence-electron chi connectivity index (χ2n) is 12.9. The molecule has 222 valence electrons. The Morgan fingerprint density at radius 1 is 0.902 bits per heavy atom. The molecule has 0 spiro atoms. The van der Waals surface area contributed by atoms with E-state index in [0.29, 0.717) is 24.4 Å². The van der Waals surface area contributed by atoms with E-state index in [9.17, 15) is 19.2 Å². The lowest BCUT2D eigenvalue weighted by Gasteiger charge is -2.40. The van der Waals surface area contributed by atoms with Crippen molar-refractivity contribution < 1.29 is 23.9 Å². The minimum absolute atomic E-state index is 0.145. The van der Waals surface area contributed by atoms with Gasteiger partial charge in [0, 0.05) is 38.0 Å². The highest BCUT2D eigenvalue weighted by molar-refractivity contribution is 6.05. The summed E-state index contributed by atoms with van der Waals surface area (Å²) in [6.45, 7) is 4.85. The topological polar surface area (TPSA) is 108 Å². The molecule has 9 nitrogen and oxygen atoms in total. The maximum Gasteiger partial charge on any atom is 0.255 e. The molecule has 4 aliphatic heterocycles. The minimum Gasteiger partial charge on any atom is -0.490 e. The summed E-state index contributed by atoms with van der Waals surface area (Å²) in [5.41, 5.74) is 1.52. The lowest BCUT2D eigenvalue weighted by Crippen LogP contribution is -2.52. The molecule has 5 fully saturated rings. The van der Waals surface area contributed by atoms with Crippen molar-refractivity contribution in [3.8, 4) is 5.75 Å². The molecule has 0 aromatic heterocycles. The molecule has 2 saturated carbocycles. The Morgan fingerprint density at radius 2 is 1.66 bits per heavy atom. The number of carbonyl (C=O) groups is 4. The van der Waals surface area contributed by atoms with Gasteiger partial charge in [0.2, 0.25) is 17.7 Å². The van der Waals surface area contributed by atoms with E-state index in [4.69, 9.17) is 4.74 Å². The molecule has 2 aliphatic carbocycles. The molecule has 1 aromatic carbocycles. The van der Waals surface area contributed by atoms with Crippen molar-refractivity contribution in [2.45, 2.75) is 95.7 Å². The van der Waals surface area contributed by atoms with Gasteiger partial charge in [0.1, 0.15) is 11.8 Å². The van der Waals surface area contributed by atoms with Gasteiger partial charge in [-0.15, -0.1) is 0 Å². The Hall–Kier alpha value is -2.94. The first-order chi connectivity index (χ1) is 19.9. The van der Waals surface area contributed by atoms with Crippen molar-refractivity contribution in [1.82, 2.24) is 20.4 Å². The van der Waals surface area contributed by atoms with E-state index in [2.05, 4.69) is 15.5 Å². The average molecular weight is 565 g/mol. The smallest absolute Gasteiger partial charge is 0.255 e. The number of hydrogen-bond donors (Lipinski definition) is 2. The molecule has 4 heterocycles. The summed E-state index contributed by atoms with van der Waals surface area (Å²) < 4.78 is 6.08. The second kappa shape index (κ2) is 12.5. The summed E-state index contributed by atoms with van der Waals surface area (Å²) in [6.07, 6.45) is 12.6. The van der Waals surface area contributed by atoms with Gasteiger partial charge in [0.05, 0.1) is 6.10 Å². The number of piperidine rings is 2. The summed E-state index contributed by atoms with van der Waals surface area (Å²) in [4.78, 5) is 51.6. The van der Waals surface area contributed by atoms with Crippen LogP contribution < -0.4 is 15.4 Å². The first kappa shape index (κ1) is 28.2. The largest absolute Gasteiger partial charge is 0.490 e. The van der Waals surface area contributed by atoms with Crippen LogP contribution in [0.4, 0.5) is 0 Å². The van der Waals surface area contributed by atoms with Gasteiger partial charge in [-0.25, -0.2) is 0 Å². The molecular weight excluding hydrogens is 520 g/mol. The Kier molecular flexibility index (Phi) is 8.60. The van der Waals surface area contributed by atoms with E-state index < -0.39 is 6.04 Å². The molecule has 3 saturated heterocycles. The van der Waals surface area contributed by atoms with Crippen molar-refractivity contribution in [1.29, 1.82) is 0 Å². The predicted molar refractivity (Wildman–Crippen MR) is 153 cm³/mol. The monoisotopic (exact) mass is 564 g/mol. The van der Waals surface area contributed by atoms with Crippen LogP contribution in [0.2, 0.25) is 0 Å². The third-order valence-corrected chi connectivity index (χ3v) is 9.88. The average Bonchev–Trinajstić information content (AvgIpc) is 3.70. The van der Waals surface area contributed by atoms with Crippen LogP contribution in [0.3, 0.4) is 0 Å². The number of ether oxygens (including phenoxy) is 1. The zero-order chi connectivity index (χ0) is 28.3. The maximum absolute atomic E-state index is 12.6. The van der Waals surface area contributed by atoms with Crippen molar-refractivity contribution >= 4 is 23.6 Å². The molecule has 7 rings (SSSR count). The number of amides is 4. The number of fused-ring (bicyclic) bond motifs is 1. The second-order valence-corrected chi connectivity index (χ2v) is 12.9. The van der Waals surface area contributed by atoms with E-state index in [1.807, 2.05) is 12.1 Å². The predicted octanol–water partition coefficient (Wildman–Crippen LogP) is 3.40. The number of carbonyl (C=O) groups excluding carboxylic acids is 4. The van der Waals surface area contributed by atoms with Crippen LogP contribution in [0.15, 0.2) is 18.2 Å². The highest BCUT2D eigenvalue weighted by atomic mass is 16.5. The van der Waals surface area contributed by atoms with Gasteiger partial charge < -0.3 is 19.9 Å². The summed E-state index contributed by atoms with van der Waals surface area (Å²) in [5.74, 6) is 2.95.